The van der Waals surface area contributed by atoms with Gasteiger partial charge in [0.2, 0.25) is 0 Å². The van der Waals surface area contributed by atoms with Crippen LogP contribution in [0.1, 0.15) is 12.6 Å². The number of likely N-dealkylation sites (N-methyl/N-ethyl adjacent to an activating group) is 1. The molecule has 14 heavy (non-hydrogen) atoms. The van der Waals surface area contributed by atoms with Crippen molar-refractivity contribution in [2.45, 2.75) is 19.5 Å². The Morgan fingerprint density at radius 2 is 2.36 bits per heavy atom. The normalized spacial score (nSPS) is 12.7. The number of hydrogen-bond donors (Lipinski definition) is 3. The fourth-order valence-electron chi connectivity index (χ4n) is 1.13. The Morgan fingerprint density at radius 3 is 2.93 bits per heavy atom. The molecule has 0 aliphatic rings. The molecule has 5 nitrogen and oxygen atoms in total. The minimum atomic E-state index is -0.169. The summed E-state index contributed by atoms with van der Waals surface area (Å²) in [7, 11) is 1.91. The van der Waals surface area contributed by atoms with Gasteiger partial charge in [-0.15, -0.1) is 0 Å². The van der Waals surface area contributed by atoms with Crippen molar-refractivity contribution in [2.24, 2.45) is 0 Å². The summed E-state index contributed by atoms with van der Waals surface area (Å²) in [6, 6.07) is 3.58. The van der Waals surface area contributed by atoms with Gasteiger partial charge in [-0.05, 0) is 20.0 Å². The molecule has 0 aromatic carbocycles. The summed E-state index contributed by atoms with van der Waals surface area (Å²) in [6.07, 6.45) is 0. The third kappa shape index (κ3) is 3.68. The number of hydrogen-bond acceptors (Lipinski definition) is 4. The minimum Gasteiger partial charge on any atom is -0.318 e. The van der Waals surface area contributed by atoms with Gasteiger partial charge in [0.15, 0.2) is 0 Å². The van der Waals surface area contributed by atoms with Gasteiger partial charge in [-0.3, -0.25) is 4.79 Å². The molecule has 0 bridgehead atoms. The summed E-state index contributed by atoms with van der Waals surface area (Å²) in [5.74, 6) is 0. The lowest BCUT2D eigenvalue weighted by molar-refractivity contribution is 0.516. The number of nitrogens with one attached hydrogen (secondary N) is 3. The zero-order valence-corrected chi connectivity index (χ0v) is 8.50. The fourth-order valence-corrected chi connectivity index (χ4v) is 1.13. The van der Waals surface area contributed by atoms with Gasteiger partial charge in [-0.1, -0.05) is 0 Å². The van der Waals surface area contributed by atoms with Gasteiger partial charge in [0.1, 0.15) is 0 Å². The molecular formula is C9H16N4O. The van der Waals surface area contributed by atoms with Crippen LogP contribution in [0.15, 0.2) is 16.9 Å². The Hall–Kier alpha value is -1.20. The number of rotatable bonds is 5. The van der Waals surface area contributed by atoms with Crippen molar-refractivity contribution in [1.82, 2.24) is 20.8 Å². The molecule has 0 spiro atoms. The Balaban J connectivity index is 2.38. The number of aromatic amines is 1. The van der Waals surface area contributed by atoms with Crippen LogP contribution in [0.2, 0.25) is 0 Å². The Morgan fingerprint density at radius 1 is 1.57 bits per heavy atom. The lowest BCUT2D eigenvalue weighted by Crippen LogP contribution is -2.34. The highest BCUT2D eigenvalue weighted by Crippen LogP contribution is 1.89. The van der Waals surface area contributed by atoms with Crippen molar-refractivity contribution in [3.05, 3.63) is 28.2 Å². The molecule has 1 unspecified atom stereocenters. The van der Waals surface area contributed by atoms with Crippen molar-refractivity contribution >= 4 is 0 Å². The first-order chi connectivity index (χ1) is 6.72. The maximum Gasteiger partial charge on any atom is 0.264 e. The average molecular weight is 196 g/mol. The van der Waals surface area contributed by atoms with Crippen LogP contribution in [0.25, 0.3) is 0 Å². The van der Waals surface area contributed by atoms with E-state index in [9.17, 15) is 4.79 Å². The predicted molar refractivity (Wildman–Crippen MR) is 55.1 cm³/mol. The van der Waals surface area contributed by atoms with Crippen LogP contribution in [0, 0.1) is 0 Å². The number of nitrogens with zero attached hydrogens (tertiary/aromatic N) is 1. The van der Waals surface area contributed by atoms with Crippen LogP contribution in [-0.2, 0) is 6.54 Å². The van der Waals surface area contributed by atoms with E-state index in [4.69, 9.17) is 0 Å². The molecule has 0 aliphatic carbocycles. The van der Waals surface area contributed by atoms with E-state index < -0.39 is 0 Å². The standard InChI is InChI=1S/C9H16N4O/c1-7(5-10-2)11-6-8-3-4-9(14)13-12-8/h3-4,7,10-11H,5-6H2,1-2H3,(H,13,14). The second kappa shape index (κ2) is 5.51. The number of H-pyrrole nitrogens is 1. The Kier molecular flexibility index (Phi) is 4.28. The first-order valence-electron chi connectivity index (χ1n) is 4.65. The van der Waals surface area contributed by atoms with Crippen LogP contribution < -0.4 is 16.2 Å². The molecule has 1 aromatic rings. The van der Waals surface area contributed by atoms with Crippen LogP contribution in [-0.4, -0.2) is 29.8 Å². The Labute approximate surface area is 82.9 Å². The molecule has 5 heteroatoms. The van der Waals surface area contributed by atoms with Gasteiger partial charge in [-0.25, -0.2) is 5.10 Å². The second-order valence-corrected chi connectivity index (χ2v) is 3.25. The van der Waals surface area contributed by atoms with E-state index >= 15 is 0 Å². The van der Waals surface area contributed by atoms with Crippen LogP contribution in [0.5, 0.6) is 0 Å². The van der Waals surface area contributed by atoms with Crippen LogP contribution >= 0.6 is 0 Å². The lowest BCUT2D eigenvalue weighted by atomic mass is 10.3. The van der Waals surface area contributed by atoms with Crippen molar-refractivity contribution in [2.75, 3.05) is 13.6 Å². The van der Waals surface area contributed by atoms with Gasteiger partial charge < -0.3 is 10.6 Å². The predicted octanol–water partition coefficient (Wildman–Crippen LogP) is -0.533. The van der Waals surface area contributed by atoms with Crippen molar-refractivity contribution in [1.29, 1.82) is 0 Å². The van der Waals surface area contributed by atoms with E-state index in [2.05, 4.69) is 27.8 Å². The van der Waals surface area contributed by atoms with E-state index in [-0.39, 0.29) is 5.56 Å². The number of aromatic nitrogens is 2. The van der Waals surface area contributed by atoms with Crippen molar-refractivity contribution in [3.63, 3.8) is 0 Å². The summed E-state index contributed by atoms with van der Waals surface area (Å²) in [5.41, 5.74) is 0.671. The molecule has 1 atom stereocenters. The van der Waals surface area contributed by atoms with E-state index in [1.807, 2.05) is 7.05 Å². The zero-order valence-electron chi connectivity index (χ0n) is 8.50. The molecule has 0 saturated heterocycles. The third-order valence-corrected chi connectivity index (χ3v) is 1.88. The quantitative estimate of drug-likeness (QED) is 0.592. The highest BCUT2D eigenvalue weighted by molar-refractivity contribution is 4.98. The van der Waals surface area contributed by atoms with Crippen molar-refractivity contribution in [3.8, 4) is 0 Å². The van der Waals surface area contributed by atoms with Crippen LogP contribution in [0.4, 0.5) is 0 Å². The summed E-state index contributed by atoms with van der Waals surface area (Å²) >= 11 is 0. The fraction of sp³-hybridized carbons (Fsp3) is 0.556. The Bertz CT molecular complexity index is 302. The minimum absolute atomic E-state index is 0.169. The lowest BCUT2D eigenvalue weighted by Gasteiger charge is -2.11. The molecule has 78 valence electrons. The van der Waals surface area contributed by atoms with E-state index in [0.717, 1.165) is 12.2 Å². The van der Waals surface area contributed by atoms with Crippen molar-refractivity contribution < 1.29 is 0 Å². The summed E-state index contributed by atoms with van der Waals surface area (Å²) in [6.45, 7) is 3.66. The van der Waals surface area contributed by atoms with Gasteiger partial charge in [0.05, 0.1) is 5.69 Å². The first kappa shape index (κ1) is 10.9. The third-order valence-electron chi connectivity index (χ3n) is 1.88. The molecule has 0 amide bonds. The monoisotopic (exact) mass is 196 g/mol. The molecule has 1 heterocycles. The van der Waals surface area contributed by atoms with E-state index in [1.165, 1.54) is 6.07 Å². The smallest absolute Gasteiger partial charge is 0.264 e. The molecule has 1 aromatic heterocycles. The van der Waals surface area contributed by atoms with Crippen LogP contribution in [0.3, 0.4) is 0 Å². The molecule has 3 N–H and O–H groups in total. The molecule has 0 fully saturated rings. The second-order valence-electron chi connectivity index (χ2n) is 3.25. The summed E-state index contributed by atoms with van der Waals surface area (Å²) in [5, 5.41) is 12.6. The van der Waals surface area contributed by atoms with Gasteiger partial charge in [-0.2, -0.15) is 5.10 Å². The molecule has 0 radical (unpaired) electrons. The zero-order chi connectivity index (χ0) is 10.4. The van der Waals surface area contributed by atoms with E-state index in [1.54, 1.807) is 6.07 Å². The first-order valence-corrected chi connectivity index (χ1v) is 4.65. The SMILES string of the molecule is CNCC(C)NCc1ccc(=O)[nH]n1. The van der Waals surface area contributed by atoms with Gasteiger partial charge in [0.25, 0.3) is 5.56 Å². The molecule has 0 saturated carbocycles. The largest absolute Gasteiger partial charge is 0.318 e. The topological polar surface area (TPSA) is 69.8 Å². The van der Waals surface area contributed by atoms with Gasteiger partial charge in [0, 0.05) is 25.2 Å². The maximum atomic E-state index is 10.7. The molecule has 0 aliphatic heterocycles. The van der Waals surface area contributed by atoms with E-state index in [0.29, 0.717) is 12.6 Å². The summed E-state index contributed by atoms with van der Waals surface area (Å²) in [4.78, 5) is 10.7. The summed E-state index contributed by atoms with van der Waals surface area (Å²) < 4.78 is 0. The highest BCUT2D eigenvalue weighted by atomic mass is 16.1. The maximum absolute atomic E-state index is 10.7. The average Bonchev–Trinajstić information content (AvgIpc) is 2.17. The molecule has 1 rings (SSSR count). The van der Waals surface area contributed by atoms with Gasteiger partial charge >= 0.3 is 0 Å². The molecular weight excluding hydrogens is 180 g/mol. The highest BCUT2D eigenvalue weighted by Gasteiger charge is 2.00.